The molecule has 1 heterocycles. The van der Waals surface area contributed by atoms with Gasteiger partial charge in [-0.2, -0.15) is 0 Å². The van der Waals surface area contributed by atoms with Crippen molar-refractivity contribution < 1.29 is 29.0 Å². The fourth-order valence-corrected chi connectivity index (χ4v) is 1.83. The van der Waals surface area contributed by atoms with Crippen LogP contribution in [0.3, 0.4) is 0 Å². The summed E-state index contributed by atoms with van der Waals surface area (Å²) >= 11 is 0. The van der Waals surface area contributed by atoms with Crippen molar-refractivity contribution in [2.24, 2.45) is 5.73 Å². The number of amides is 2. The average molecular weight is 294 g/mol. The second-order valence-electron chi connectivity index (χ2n) is 4.39. The van der Waals surface area contributed by atoms with Crippen LogP contribution in [0.2, 0.25) is 0 Å². The van der Waals surface area contributed by atoms with E-state index in [9.17, 15) is 14.4 Å². The van der Waals surface area contributed by atoms with Gasteiger partial charge in [0.15, 0.2) is 11.5 Å². The minimum Gasteiger partial charge on any atom is -0.486 e. The Hall–Kier alpha value is -2.77. The Balaban J connectivity index is 2.12. The standard InChI is InChI=1S/C13H14N2O6/c14-11(16)6-8(13(18)19)15-12(17)7-1-2-9-10(5-7)21-4-3-20-9/h1-2,5,8H,3-4,6H2,(H2,14,16)(H,15,17)(H,18,19). The predicted molar refractivity (Wildman–Crippen MR) is 70.1 cm³/mol. The number of aliphatic carboxylic acids is 1. The summed E-state index contributed by atoms with van der Waals surface area (Å²) in [6.07, 6.45) is -0.481. The van der Waals surface area contributed by atoms with Gasteiger partial charge in [-0.3, -0.25) is 9.59 Å². The quantitative estimate of drug-likeness (QED) is 0.672. The van der Waals surface area contributed by atoms with E-state index >= 15 is 0 Å². The third-order valence-electron chi connectivity index (χ3n) is 2.81. The fraction of sp³-hybridized carbons (Fsp3) is 0.308. The van der Waals surface area contributed by atoms with Crippen LogP contribution in [0, 0.1) is 0 Å². The Labute approximate surface area is 119 Å². The fourth-order valence-electron chi connectivity index (χ4n) is 1.83. The Bertz CT molecular complexity index is 586. The van der Waals surface area contributed by atoms with Crippen LogP contribution in [0.4, 0.5) is 0 Å². The maximum atomic E-state index is 12.0. The zero-order valence-electron chi connectivity index (χ0n) is 11.0. The van der Waals surface area contributed by atoms with Crippen molar-refractivity contribution in [2.45, 2.75) is 12.5 Å². The second-order valence-corrected chi connectivity index (χ2v) is 4.39. The van der Waals surface area contributed by atoms with Gasteiger partial charge in [0.2, 0.25) is 5.91 Å². The molecule has 0 fully saturated rings. The van der Waals surface area contributed by atoms with Crippen LogP contribution >= 0.6 is 0 Å². The first kappa shape index (κ1) is 14.6. The largest absolute Gasteiger partial charge is 0.486 e. The van der Waals surface area contributed by atoms with Crippen LogP contribution in [0.15, 0.2) is 18.2 Å². The summed E-state index contributed by atoms with van der Waals surface area (Å²) in [7, 11) is 0. The van der Waals surface area contributed by atoms with Crippen molar-refractivity contribution in [2.75, 3.05) is 13.2 Å². The van der Waals surface area contributed by atoms with Crippen molar-refractivity contribution in [1.29, 1.82) is 0 Å². The molecule has 1 unspecified atom stereocenters. The highest BCUT2D eigenvalue weighted by atomic mass is 16.6. The van der Waals surface area contributed by atoms with E-state index in [2.05, 4.69) is 5.32 Å². The number of benzene rings is 1. The number of ether oxygens (including phenoxy) is 2. The SMILES string of the molecule is NC(=O)CC(NC(=O)c1ccc2c(c1)OCCO2)C(=O)O. The molecule has 0 bridgehead atoms. The molecule has 1 aromatic rings. The zero-order valence-corrected chi connectivity index (χ0v) is 11.0. The Morgan fingerprint density at radius 3 is 2.52 bits per heavy atom. The number of primary amides is 1. The average Bonchev–Trinajstić information content (AvgIpc) is 2.45. The molecule has 8 heteroatoms. The molecule has 0 aliphatic carbocycles. The maximum Gasteiger partial charge on any atom is 0.326 e. The molecule has 0 radical (unpaired) electrons. The second kappa shape index (κ2) is 6.12. The zero-order chi connectivity index (χ0) is 15.4. The summed E-state index contributed by atoms with van der Waals surface area (Å²) in [5, 5.41) is 11.2. The van der Waals surface area contributed by atoms with E-state index in [0.29, 0.717) is 24.7 Å². The summed E-state index contributed by atoms with van der Waals surface area (Å²) in [5.74, 6) is -1.86. The van der Waals surface area contributed by atoms with Crippen molar-refractivity contribution in [3.63, 3.8) is 0 Å². The van der Waals surface area contributed by atoms with E-state index in [1.807, 2.05) is 0 Å². The van der Waals surface area contributed by atoms with Crippen LogP contribution in [-0.2, 0) is 9.59 Å². The highest BCUT2D eigenvalue weighted by Crippen LogP contribution is 2.30. The number of carbonyl (C=O) groups is 3. The van der Waals surface area contributed by atoms with Crippen LogP contribution < -0.4 is 20.5 Å². The lowest BCUT2D eigenvalue weighted by atomic mass is 10.1. The van der Waals surface area contributed by atoms with E-state index in [-0.39, 0.29) is 5.56 Å². The molecule has 1 aliphatic rings. The van der Waals surface area contributed by atoms with Gasteiger partial charge in [-0.15, -0.1) is 0 Å². The molecule has 112 valence electrons. The van der Waals surface area contributed by atoms with E-state index in [4.69, 9.17) is 20.3 Å². The first-order valence-electron chi connectivity index (χ1n) is 6.19. The van der Waals surface area contributed by atoms with E-state index in [1.54, 1.807) is 6.07 Å². The molecule has 0 saturated carbocycles. The van der Waals surface area contributed by atoms with Crippen LogP contribution in [0.1, 0.15) is 16.8 Å². The van der Waals surface area contributed by atoms with E-state index in [0.717, 1.165) is 0 Å². The van der Waals surface area contributed by atoms with Crippen molar-refractivity contribution >= 4 is 17.8 Å². The third kappa shape index (κ3) is 3.62. The molecule has 4 N–H and O–H groups in total. The summed E-state index contributed by atoms with van der Waals surface area (Å²) in [4.78, 5) is 33.8. The van der Waals surface area contributed by atoms with Crippen molar-refractivity contribution in [1.82, 2.24) is 5.32 Å². The predicted octanol–water partition coefficient (Wildman–Crippen LogP) is -0.484. The molecule has 2 rings (SSSR count). The highest BCUT2D eigenvalue weighted by Gasteiger charge is 2.23. The Kier molecular flexibility index (Phi) is 4.27. The number of hydrogen-bond donors (Lipinski definition) is 3. The normalized spacial score (nSPS) is 14.1. The molecule has 2 amide bonds. The monoisotopic (exact) mass is 294 g/mol. The number of carboxylic acids is 1. The molecule has 8 nitrogen and oxygen atoms in total. The van der Waals surface area contributed by atoms with E-state index in [1.165, 1.54) is 12.1 Å². The van der Waals surface area contributed by atoms with Gasteiger partial charge in [0.25, 0.3) is 5.91 Å². The lowest BCUT2D eigenvalue weighted by Gasteiger charge is -2.19. The molecule has 21 heavy (non-hydrogen) atoms. The van der Waals surface area contributed by atoms with Crippen LogP contribution in [0.25, 0.3) is 0 Å². The molecular weight excluding hydrogens is 280 g/mol. The molecule has 0 spiro atoms. The molecule has 0 aromatic heterocycles. The van der Waals surface area contributed by atoms with Crippen molar-refractivity contribution in [3.05, 3.63) is 23.8 Å². The Morgan fingerprint density at radius 2 is 1.90 bits per heavy atom. The highest BCUT2D eigenvalue weighted by molar-refractivity contribution is 5.98. The molecule has 1 aromatic carbocycles. The molecule has 1 aliphatic heterocycles. The van der Waals surface area contributed by atoms with Gasteiger partial charge < -0.3 is 25.6 Å². The molecular formula is C13H14N2O6. The lowest BCUT2D eigenvalue weighted by Crippen LogP contribution is -2.43. The first-order valence-corrected chi connectivity index (χ1v) is 6.19. The van der Waals surface area contributed by atoms with Gasteiger partial charge in [0.1, 0.15) is 19.3 Å². The van der Waals surface area contributed by atoms with Gasteiger partial charge in [0, 0.05) is 5.56 Å². The van der Waals surface area contributed by atoms with Gasteiger partial charge in [0.05, 0.1) is 6.42 Å². The van der Waals surface area contributed by atoms with Crippen molar-refractivity contribution in [3.8, 4) is 11.5 Å². The van der Waals surface area contributed by atoms with Gasteiger partial charge in [-0.1, -0.05) is 0 Å². The van der Waals surface area contributed by atoms with Gasteiger partial charge in [-0.25, -0.2) is 4.79 Å². The number of nitrogens with one attached hydrogen (secondary N) is 1. The third-order valence-corrected chi connectivity index (χ3v) is 2.81. The first-order chi connectivity index (χ1) is 9.97. The van der Waals surface area contributed by atoms with Crippen LogP contribution in [0.5, 0.6) is 11.5 Å². The van der Waals surface area contributed by atoms with Gasteiger partial charge in [-0.05, 0) is 18.2 Å². The number of hydrogen-bond acceptors (Lipinski definition) is 5. The minimum absolute atomic E-state index is 0.204. The maximum absolute atomic E-state index is 12.0. The molecule has 0 saturated heterocycles. The number of rotatable bonds is 5. The minimum atomic E-state index is -1.37. The number of nitrogens with two attached hydrogens (primary N) is 1. The topological polar surface area (TPSA) is 128 Å². The number of carboxylic acid groups (broad SMARTS) is 1. The van der Waals surface area contributed by atoms with Gasteiger partial charge >= 0.3 is 5.97 Å². The summed E-state index contributed by atoms with van der Waals surface area (Å²) in [5.41, 5.74) is 5.15. The van der Waals surface area contributed by atoms with E-state index < -0.39 is 30.2 Å². The molecule has 1 atom stereocenters. The number of carbonyl (C=O) groups excluding carboxylic acids is 2. The smallest absolute Gasteiger partial charge is 0.326 e. The summed E-state index contributed by atoms with van der Waals surface area (Å²) in [6, 6.07) is 3.12. The lowest BCUT2D eigenvalue weighted by molar-refractivity contribution is -0.140. The van der Waals surface area contributed by atoms with Crippen LogP contribution in [-0.4, -0.2) is 42.1 Å². The number of fused-ring (bicyclic) bond motifs is 1. The summed E-state index contributed by atoms with van der Waals surface area (Å²) < 4.78 is 10.7. The summed E-state index contributed by atoms with van der Waals surface area (Å²) in [6.45, 7) is 0.801. The Morgan fingerprint density at radius 1 is 1.24 bits per heavy atom.